The van der Waals surface area contributed by atoms with Crippen LogP contribution < -0.4 is 0 Å². The van der Waals surface area contributed by atoms with Crippen molar-refractivity contribution in [3.8, 4) is 0 Å². The molecule has 0 atom stereocenters. The molecule has 1 aromatic carbocycles. The minimum Gasteiger partial charge on any atom is -0.481 e. The first-order chi connectivity index (χ1) is 11.4. The highest BCUT2D eigenvalue weighted by Gasteiger charge is 2.05. The van der Waals surface area contributed by atoms with Gasteiger partial charge in [-0.2, -0.15) is 8.42 Å². The molecule has 0 unspecified atom stereocenters. The molecule has 0 bridgehead atoms. The summed E-state index contributed by atoms with van der Waals surface area (Å²) in [6.45, 7) is 2.23. The van der Waals surface area contributed by atoms with Gasteiger partial charge in [0, 0.05) is 6.42 Å². The van der Waals surface area contributed by atoms with E-state index >= 15 is 0 Å². The van der Waals surface area contributed by atoms with Gasteiger partial charge in [-0.15, -0.1) is 0 Å². The lowest BCUT2D eigenvalue weighted by Gasteiger charge is -2.00. The van der Waals surface area contributed by atoms with Gasteiger partial charge < -0.3 is 5.11 Å². The molecule has 0 aliphatic heterocycles. The quantitative estimate of drug-likeness (QED) is 0.432. The maximum Gasteiger partial charge on any atom is 0.303 e. The van der Waals surface area contributed by atoms with Gasteiger partial charge in [0.05, 0.1) is 4.90 Å². The predicted molar refractivity (Wildman–Crippen MR) is 95.7 cm³/mol. The summed E-state index contributed by atoms with van der Waals surface area (Å²) in [7, 11) is -4.00. The molecule has 0 spiro atoms. The second kappa shape index (κ2) is 14.0. The highest BCUT2D eigenvalue weighted by molar-refractivity contribution is 7.85. The van der Waals surface area contributed by atoms with Crippen molar-refractivity contribution in [3.05, 3.63) is 30.3 Å². The standard InChI is InChI=1S/C12H24O2.C6H6O3S/c1-2-3-4-5-6-7-8-9-10-11-12(13)14;7-10(8,9)6-4-2-1-3-5-6/h2-11H2,1H3,(H,13,14);1-5H,(H,7,8,9). The van der Waals surface area contributed by atoms with Crippen molar-refractivity contribution in [2.75, 3.05) is 0 Å². The molecule has 0 aliphatic rings. The zero-order valence-electron chi connectivity index (χ0n) is 14.5. The third kappa shape index (κ3) is 14.2. The van der Waals surface area contributed by atoms with Crippen molar-refractivity contribution < 1.29 is 22.9 Å². The second-order valence-electron chi connectivity index (χ2n) is 5.76. The number of carboxylic acid groups (broad SMARTS) is 1. The molecule has 0 heterocycles. The Balaban J connectivity index is 0.000000463. The topological polar surface area (TPSA) is 91.7 Å². The van der Waals surface area contributed by atoms with Gasteiger partial charge in [-0.3, -0.25) is 9.35 Å². The first-order valence-corrected chi connectivity index (χ1v) is 10.1. The summed E-state index contributed by atoms with van der Waals surface area (Å²) in [5.41, 5.74) is 0. The van der Waals surface area contributed by atoms with Gasteiger partial charge in [0.15, 0.2) is 0 Å². The summed E-state index contributed by atoms with van der Waals surface area (Å²) in [6, 6.07) is 7.42. The molecule has 138 valence electrons. The van der Waals surface area contributed by atoms with Crippen LogP contribution in [0.25, 0.3) is 0 Å². The SMILES string of the molecule is CCCCCCCCCCCC(=O)O.O=S(=O)(O)c1ccccc1. The maximum atomic E-state index is 10.4. The fourth-order valence-corrected chi connectivity index (χ4v) is 2.68. The van der Waals surface area contributed by atoms with E-state index in [0.29, 0.717) is 6.42 Å². The lowest BCUT2D eigenvalue weighted by molar-refractivity contribution is -0.137. The van der Waals surface area contributed by atoms with Crippen LogP contribution in [0.5, 0.6) is 0 Å². The van der Waals surface area contributed by atoms with E-state index in [1.165, 1.54) is 57.1 Å². The molecule has 0 radical (unpaired) electrons. The monoisotopic (exact) mass is 358 g/mol. The lowest BCUT2D eigenvalue weighted by atomic mass is 10.1. The Morgan fingerprint density at radius 3 is 1.71 bits per heavy atom. The van der Waals surface area contributed by atoms with E-state index in [-0.39, 0.29) is 4.90 Å². The fraction of sp³-hybridized carbons (Fsp3) is 0.611. The Labute approximate surface area is 145 Å². The van der Waals surface area contributed by atoms with Crippen LogP contribution in [0.4, 0.5) is 0 Å². The van der Waals surface area contributed by atoms with Gasteiger partial charge in [0.25, 0.3) is 10.1 Å². The van der Waals surface area contributed by atoms with Crippen molar-refractivity contribution >= 4 is 16.1 Å². The van der Waals surface area contributed by atoms with E-state index in [2.05, 4.69) is 6.92 Å². The molecule has 0 aliphatic carbocycles. The van der Waals surface area contributed by atoms with E-state index in [0.717, 1.165) is 12.8 Å². The van der Waals surface area contributed by atoms with Gasteiger partial charge in [-0.1, -0.05) is 76.5 Å². The first-order valence-electron chi connectivity index (χ1n) is 8.62. The van der Waals surface area contributed by atoms with Gasteiger partial charge >= 0.3 is 5.97 Å². The Bertz CT molecular complexity index is 526. The van der Waals surface area contributed by atoms with Crippen LogP contribution in [-0.2, 0) is 14.9 Å². The smallest absolute Gasteiger partial charge is 0.303 e. The van der Waals surface area contributed by atoms with Crippen molar-refractivity contribution in [3.63, 3.8) is 0 Å². The van der Waals surface area contributed by atoms with Crippen LogP contribution in [-0.4, -0.2) is 24.0 Å². The van der Waals surface area contributed by atoms with Gasteiger partial charge in [0.1, 0.15) is 0 Å². The summed E-state index contributed by atoms with van der Waals surface area (Å²) in [6.07, 6.45) is 11.5. The highest BCUT2D eigenvalue weighted by Crippen LogP contribution is 2.10. The lowest BCUT2D eigenvalue weighted by Crippen LogP contribution is -1.96. The van der Waals surface area contributed by atoms with Gasteiger partial charge in [-0.05, 0) is 18.6 Å². The van der Waals surface area contributed by atoms with E-state index < -0.39 is 16.1 Å². The summed E-state index contributed by atoms with van der Waals surface area (Å²) < 4.78 is 29.2. The molecule has 0 aromatic heterocycles. The second-order valence-corrected chi connectivity index (χ2v) is 7.18. The zero-order chi connectivity index (χ0) is 18.3. The number of hydrogen-bond donors (Lipinski definition) is 2. The van der Waals surface area contributed by atoms with Crippen LogP contribution in [0.2, 0.25) is 0 Å². The molecule has 1 rings (SSSR count). The Hall–Kier alpha value is -1.40. The first kappa shape index (κ1) is 22.6. The highest BCUT2D eigenvalue weighted by atomic mass is 32.2. The average Bonchev–Trinajstić information content (AvgIpc) is 2.54. The molecule has 5 nitrogen and oxygen atoms in total. The van der Waals surface area contributed by atoms with E-state index in [9.17, 15) is 13.2 Å². The molecule has 0 amide bonds. The number of carboxylic acids is 1. The summed E-state index contributed by atoms with van der Waals surface area (Å²) >= 11 is 0. The average molecular weight is 359 g/mol. The predicted octanol–water partition coefficient (Wildman–Crippen LogP) is 4.93. The van der Waals surface area contributed by atoms with Crippen LogP contribution in [0, 0.1) is 0 Å². The van der Waals surface area contributed by atoms with Crippen molar-refractivity contribution in [1.82, 2.24) is 0 Å². The largest absolute Gasteiger partial charge is 0.481 e. The Morgan fingerprint density at radius 1 is 0.875 bits per heavy atom. The van der Waals surface area contributed by atoms with Crippen LogP contribution in [0.3, 0.4) is 0 Å². The number of hydrogen-bond acceptors (Lipinski definition) is 3. The van der Waals surface area contributed by atoms with Crippen molar-refractivity contribution in [1.29, 1.82) is 0 Å². The maximum absolute atomic E-state index is 10.4. The minimum atomic E-state index is -4.00. The molecule has 1 aromatic rings. The van der Waals surface area contributed by atoms with Gasteiger partial charge in [-0.25, -0.2) is 0 Å². The molecule has 2 N–H and O–H groups in total. The summed E-state index contributed by atoms with van der Waals surface area (Å²) in [4.78, 5) is 10.1. The van der Waals surface area contributed by atoms with Crippen molar-refractivity contribution in [2.24, 2.45) is 0 Å². The molecule has 0 fully saturated rings. The zero-order valence-corrected chi connectivity index (χ0v) is 15.3. The molecular formula is C18H30O5S. The Morgan fingerprint density at radius 2 is 1.33 bits per heavy atom. The third-order valence-electron chi connectivity index (χ3n) is 3.54. The molecule has 0 saturated carbocycles. The van der Waals surface area contributed by atoms with Gasteiger partial charge in [0.2, 0.25) is 0 Å². The minimum absolute atomic E-state index is 0.0741. The molecule has 6 heteroatoms. The Kier molecular flexibility index (Phi) is 13.2. The fourth-order valence-electron chi connectivity index (χ4n) is 2.18. The van der Waals surface area contributed by atoms with Crippen molar-refractivity contribution in [2.45, 2.75) is 76.0 Å². The summed E-state index contributed by atoms with van der Waals surface area (Å²) in [5.74, 6) is -0.659. The van der Waals surface area contributed by atoms with E-state index in [1.54, 1.807) is 18.2 Å². The number of carbonyl (C=O) groups is 1. The number of unbranched alkanes of at least 4 members (excludes halogenated alkanes) is 8. The third-order valence-corrected chi connectivity index (χ3v) is 4.40. The number of aliphatic carboxylic acids is 1. The van der Waals surface area contributed by atoms with Crippen LogP contribution in [0.1, 0.15) is 71.1 Å². The molecule has 0 saturated heterocycles. The summed E-state index contributed by atoms with van der Waals surface area (Å²) in [5, 5.41) is 8.41. The van der Waals surface area contributed by atoms with Crippen LogP contribution >= 0.6 is 0 Å². The number of rotatable bonds is 11. The normalized spacial score (nSPS) is 10.8. The molecular weight excluding hydrogens is 328 g/mol. The van der Waals surface area contributed by atoms with E-state index in [1.807, 2.05) is 0 Å². The number of benzene rings is 1. The van der Waals surface area contributed by atoms with E-state index in [4.69, 9.17) is 9.66 Å². The van der Waals surface area contributed by atoms with Crippen LogP contribution in [0.15, 0.2) is 35.2 Å². The molecule has 24 heavy (non-hydrogen) atoms.